The maximum atomic E-state index is 9.19. The fraction of sp³-hybridized carbons (Fsp3) is 0.357. The number of rotatable bonds is 5. The van der Waals surface area contributed by atoms with E-state index in [1.54, 1.807) is 6.20 Å². The molecule has 0 saturated carbocycles. The third kappa shape index (κ3) is 3.11. The molecule has 0 aliphatic carbocycles. The summed E-state index contributed by atoms with van der Waals surface area (Å²) in [5.74, 6) is 0. The van der Waals surface area contributed by atoms with Crippen LogP contribution in [0.1, 0.15) is 13.8 Å². The summed E-state index contributed by atoms with van der Waals surface area (Å²) in [6.45, 7) is 4.90. The molecule has 1 aromatic carbocycles. The van der Waals surface area contributed by atoms with Gasteiger partial charge in [-0.25, -0.2) is 4.68 Å². The van der Waals surface area contributed by atoms with Crippen molar-refractivity contribution in [1.29, 1.82) is 0 Å². The van der Waals surface area contributed by atoms with E-state index in [1.807, 2.05) is 55.1 Å². The average Bonchev–Trinajstić information content (AvgIpc) is 2.86. The van der Waals surface area contributed by atoms with Gasteiger partial charge in [-0.1, -0.05) is 32.0 Å². The van der Waals surface area contributed by atoms with Crippen molar-refractivity contribution in [2.75, 3.05) is 18.5 Å². The molecular weight excluding hydrogens is 226 g/mol. The van der Waals surface area contributed by atoms with Crippen molar-refractivity contribution in [3.63, 3.8) is 0 Å². The maximum Gasteiger partial charge on any atom is 0.0731 e. The Balaban J connectivity index is 2.03. The van der Waals surface area contributed by atoms with Crippen molar-refractivity contribution in [1.82, 2.24) is 9.78 Å². The molecule has 2 aromatic rings. The Morgan fingerprint density at radius 1 is 1.28 bits per heavy atom. The van der Waals surface area contributed by atoms with E-state index in [0.717, 1.165) is 11.4 Å². The predicted octanol–water partition coefficient (Wildman–Crippen LogP) is 2.30. The molecule has 0 saturated heterocycles. The minimum atomic E-state index is -0.130. The summed E-state index contributed by atoms with van der Waals surface area (Å²) >= 11 is 0. The third-order valence-electron chi connectivity index (χ3n) is 2.80. The Kier molecular flexibility index (Phi) is 3.67. The number of benzene rings is 1. The van der Waals surface area contributed by atoms with Crippen LogP contribution in [0.25, 0.3) is 5.69 Å². The summed E-state index contributed by atoms with van der Waals surface area (Å²) < 4.78 is 1.83. The molecule has 1 aromatic heterocycles. The van der Waals surface area contributed by atoms with Gasteiger partial charge < -0.3 is 10.4 Å². The molecule has 0 radical (unpaired) electrons. The highest BCUT2D eigenvalue weighted by atomic mass is 16.3. The van der Waals surface area contributed by atoms with Crippen LogP contribution in [0.5, 0.6) is 0 Å². The SMILES string of the molecule is CC(C)(CO)CNc1cnn(-c2ccccc2)c1. The van der Waals surface area contributed by atoms with Gasteiger partial charge in [0.1, 0.15) is 0 Å². The average molecular weight is 245 g/mol. The molecule has 18 heavy (non-hydrogen) atoms. The summed E-state index contributed by atoms with van der Waals surface area (Å²) in [6, 6.07) is 9.97. The monoisotopic (exact) mass is 245 g/mol. The highest BCUT2D eigenvalue weighted by molar-refractivity contribution is 5.42. The molecule has 0 atom stereocenters. The highest BCUT2D eigenvalue weighted by Crippen LogP contribution is 2.16. The number of para-hydroxylation sites is 1. The predicted molar refractivity (Wildman–Crippen MR) is 72.9 cm³/mol. The van der Waals surface area contributed by atoms with Gasteiger partial charge in [0.05, 0.1) is 23.8 Å². The van der Waals surface area contributed by atoms with Crippen LogP contribution in [-0.4, -0.2) is 28.0 Å². The Hall–Kier alpha value is -1.81. The van der Waals surface area contributed by atoms with E-state index >= 15 is 0 Å². The maximum absolute atomic E-state index is 9.19. The molecule has 2 N–H and O–H groups in total. The molecular formula is C14H19N3O. The first-order valence-electron chi connectivity index (χ1n) is 6.05. The van der Waals surface area contributed by atoms with Gasteiger partial charge in [-0.15, -0.1) is 0 Å². The van der Waals surface area contributed by atoms with Crippen LogP contribution in [0.2, 0.25) is 0 Å². The molecule has 96 valence electrons. The van der Waals surface area contributed by atoms with E-state index in [0.29, 0.717) is 6.54 Å². The van der Waals surface area contributed by atoms with Gasteiger partial charge in [0, 0.05) is 18.6 Å². The second kappa shape index (κ2) is 5.23. The minimum Gasteiger partial charge on any atom is -0.396 e. The number of nitrogens with zero attached hydrogens (tertiary/aromatic N) is 2. The molecule has 0 spiro atoms. The topological polar surface area (TPSA) is 50.1 Å². The van der Waals surface area contributed by atoms with Crippen molar-refractivity contribution in [3.05, 3.63) is 42.7 Å². The zero-order chi connectivity index (χ0) is 13.0. The Bertz CT molecular complexity index is 491. The van der Waals surface area contributed by atoms with Crippen LogP contribution in [0.15, 0.2) is 42.7 Å². The van der Waals surface area contributed by atoms with E-state index in [2.05, 4.69) is 10.4 Å². The number of hydrogen-bond acceptors (Lipinski definition) is 3. The van der Waals surface area contributed by atoms with Gasteiger partial charge >= 0.3 is 0 Å². The quantitative estimate of drug-likeness (QED) is 0.850. The number of aromatic nitrogens is 2. The second-order valence-electron chi connectivity index (χ2n) is 5.19. The third-order valence-corrected chi connectivity index (χ3v) is 2.80. The first kappa shape index (κ1) is 12.6. The zero-order valence-electron chi connectivity index (χ0n) is 10.8. The second-order valence-corrected chi connectivity index (χ2v) is 5.19. The van der Waals surface area contributed by atoms with Crippen LogP contribution < -0.4 is 5.32 Å². The molecule has 0 aliphatic heterocycles. The standard InChI is InChI=1S/C14H19N3O/c1-14(2,11-18)10-15-12-8-16-17(9-12)13-6-4-3-5-7-13/h3-9,15,18H,10-11H2,1-2H3. The van der Waals surface area contributed by atoms with E-state index < -0.39 is 0 Å². The molecule has 0 aliphatic rings. The molecule has 0 amide bonds. The summed E-state index contributed by atoms with van der Waals surface area (Å²) in [7, 11) is 0. The molecule has 4 nitrogen and oxygen atoms in total. The Morgan fingerprint density at radius 3 is 2.67 bits per heavy atom. The highest BCUT2D eigenvalue weighted by Gasteiger charge is 2.16. The molecule has 2 rings (SSSR count). The molecule has 0 bridgehead atoms. The van der Waals surface area contributed by atoms with Crippen LogP contribution in [0.3, 0.4) is 0 Å². The van der Waals surface area contributed by atoms with Crippen LogP contribution in [0.4, 0.5) is 5.69 Å². The fourth-order valence-corrected chi connectivity index (χ4v) is 1.53. The van der Waals surface area contributed by atoms with Crippen LogP contribution in [-0.2, 0) is 0 Å². The van der Waals surface area contributed by atoms with Crippen molar-refractivity contribution in [3.8, 4) is 5.69 Å². The van der Waals surface area contributed by atoms with E-state index in [1.165, 1.54) is 0 Å². The van der Waals surface area contributed by atoms with Gasteiger partial charge in [-0.2, -0.15) is 5.10 Å². The van der Waals surface area contributed by atoms with Crippen molar-refractivity contribution in [2.45, 2.75) is 13.8 Å². The molecule has 0 unspecified atom stereocenters. The number of hydrogen-bond donors (Lipinski definition) is 2. The number of nitrogens with one attached hydrogen (secondary N) is 1. The van der Waals surface area contributed by atoms with Gasteiger partial charge in [0.2, 0.25) is 0 Å². The molecule has 1 heterocycles. The summed E-state index contributed by atoms with van der Waals surface area (Å²) in [6.07, 6.45) is 3.74. The first-order valence-corrected chi connectivity index (χ1v) is 6.05. The lowest BCUT2D eigenvalue weighted by Crippen LogP contribution is -2.26. The van der Waals surface area contributed by atoms with Crippen LogP contribution in [0, 0.1) is 5.41 Å². The lowest BCUT2D eigenvalue weighted by atomic mass is 9.95. The van der Waals surface area contributed by atoms with E-state index in [-0.39, 0.29) is 12.0 Å². The van der Waals surface area contributed by atoms with Gasteiger partial charge in [-0.3, -0.25) is 0 Å². The van der Waals surface area contributed by atoms with Gasteiger partial charge in [0.25, 0.3) is 0 Å². The fourth-order valence-electron chi connectivity index (χ4n) is 1.53. The Morgan fingerprint density at radius 2 is 2.00 bits per heavy atom. The van der Waals surface area contributed by atoms with Crippen molar-refractivity contribution in [2.24, 2.45) is 5.41 Å². The lowest BCUT2D eigenvalue weighted by molar-refractivity contribution is 0.171. The number of aliphatic hydroxyl groups is 1. The smallest absolute Gasteiger partial charge is 0.0731 e. The van der Waals surface area contributed by atoms with Crippen molar-refractivity contribution >= 4 is 5.69 Å². The van der Waals surface area contributed by atoms with Gasteiger partial charge in [0.15, 0.2) is 0 Å². The molecule has 4 heteroatoms. The molecule has 0 fully saturated rings. The van der Waals surface area contributed by atoms with Crippen LogP contribution >= 0.6 is 0 Å². The van der Waals surface area contributed by atoms with E-state index in [4.69, 9.17) is 0 Å². The van der Waals surface area contributed by atoms with E-state index in [9.17, 15) is 5.11 Å². The zero-order valence-corrected chi connectivity index (χ0v) is 10.8. The summed E-state index contributed by atoms with van der Waals surface area (Å²) in [4.78, 5) is 0. The van der Waals surface area contributed by atoms with Gasteiger partial charge in [-0.05, 0) is 12.1 Å². The lowest BCUT2D eigenvalue weighted by Gasteiger charge is -2.21. The summed E-state index contributed by atoms with van der Waals surface area (Å²) in [5.41, 5.74) is 1.86. The number of anilines is 1. The normalized spacial score (nSPS) is 11.5. The van der Waals surface area contributed by atoms with Crippen molar-refractivity contribution < 1.29 is 5.11 Å². The number of aliphatic hydroxyl groups excluding tert-OH is 1. The Labute approximate surface area is 107 Å². The summed E-state index contributed by atoms with van der Waals surface area (Å²) in [5, 5.41) is 16.8. The largest absolute Gasteiger partial charge is 0.396 e. The minimum absolute atomic E-state index is 0.130. The first-order chi connectivity index (χ1) is 8.61.